The van der Waals surface area contributed by atoms with Crippen molar-refractivity contribution < 1.29 is 9.47 Å². The zero-order valence-corrected chi connectivity index (χ0v) is 14.1. The van der Waals surface area contributed by atoms with E-state index in [2.05, 4.69) is 47.1 Å². The Labute approximate surface area is 143 Å². The fourth-order valence-corrected chi connectivity index (χ4v) is 3.89. The van der Waals surface area contributed by atoms with E-state index in [9.17, 15) is 0 Å². The highest BCUT2D eigenvalue weighted by Gasteiger charge is 2.53. The predicted octanol–water partition coefficient (Wildman–Crippen LogP) is 3.35. The minimum atomic E-state index is -0.327. The Morgan fingerprint density at radius 1 is 1.04 bits per heavy atom. The highest BCUT2D eigenvalue weighted by Crippen LogP contribution is 2.40. The molecule has 0 N–H and O–H groups in total. The van der Waals surface area contributed by atoms with Crippen LogP contribution in [0.4, 0.5) is 5.69 Å². The first-order chi connectivity index (χ1) is 11.8. The van der Waals surface area contributed by atoms with E-state index in [0.717, 1.165) is 31.8 Å². The molecule has 4 nitrogen and oxygen atoms in total. The van der Waals surface area contributed by atoms with Crippen molar-refractivity contribution in [1.82, 2.24) is 4.90 Å². The van der Waals surface area contributed by atoms with Crippen LogP contribution in [0.5, 0.6) is 5.75 Å². The average Bonchev–Trinajstić information content (AvgIpc) is 3.17. The molecule has 2 aromatic carbocycles. The summed E-state index contributed by atoms with van der Waals surface area (Å²) < 4.78 is 12.5. The predicted molar refractivity (Wildman–Crippen MR) is 95.2 cm³/mol. The lowest BCUT2D eigenvalue weighted by atomic mass is 10.2. The Kier molecular flexibility index (Phi) is 4.17. The van der Waals surface area contributed by atoms with Gasteiger partial charge in [-0.25, -0.2) is 0 Å². The molecule has 2 fully saturated rings. The first-order valence-electron chi connectivity index (χ1n) is 8.75. The first kappa shape index (κ1) is 15.5. The van der Waals surface area contributed by atoms with E-state index in [1.54, 1.807) is 0 Å². The average molecular weight is 324 g/mol. The van der Waals surface area contributed by atoms with Gasteiger partial charge in [-0.1, -0.05) is 43.3 Å². The van der Waals surface area contributed by atoms with E-state index in [-0.39, 0.29) is 12.0 Å². The van der Waals surface area contributed by atoms with Crippen molar-refractivity contribution in [2.75, 3.05) is 31.1 Å². The number of nitrogens with zero attached hydrogens (tertiary/aromatic N) is 2. The lowest BCUT2D eigenvalue weighted by Gasteiger charge is -2.39. The molecule has 2 aliphatic heterocycles. The molecule has 0 spiro atoms. The van der Waals surface area contributed by atoms with Crippen molar-refractivity contribution >= 4 is 5.69 Å². The third kappa shape index (κ3) is 2.66. The molecule has 0 aliphatic carbocycles. The molecular formula is C20H24N2O2. The molecule has 0 radical (unpaired) electrons. The van der Waals surface area contributed by atoms with Gasteiger partial charge < -0.3 is 14.4 Å². The molecule has 0 saturated carbocycles. The SMILES string of the molecule is CC[C@]12O[C@@H](COc3ccccc3)CN1CCN2c1ccccc1. The molecule has 0 aromatic heterocycles. The van der Waals surface area contributed by atoms with Crippen LogP contribution in [0, 0.1) is 0 Å². The molecule has 0 bridgehead atoms. The summed E-state index contributed by atoms with van der Waals surface area (Å²) in [6.45, 7) is 5.75. The summed E-state index contributed by atoms with van der Waals surface area (Å²) in [5.41, 5.74) is 1.23. The van der Waals surface area contributed by atoms with E-state index in [1.165, 1.54) is 5.69 Å². The third-order valence-corrected chi connectivity index (χ3v) is 5.00. The first-order valence-corrected chi connectivity index (χ1v) is 8.75. The van der Waals surface area contributed by atoms with Crippen LogP contribution in [0.3, 0.4) is 0 Å². The van der Waals surface area contributed by atoms with Crippen LogP contribution in [-0.4, -0.2) is 43.1 Å². The Bertz CT molecular complexity index is 664. The molecule has 126 valence electrons. The summed E-state index contributed by atoms with van der Waals surface area (Å²) in [7, 11) is 0. The van der Waals surface area contributed by atoms with Crippen molar-refractivity contribution in [3.05, 3.63) is 60.7 Å². The lowest BCUT2D eigenvalue weighted by Crippen LogP contribution is -2.51. The molecule has 0 unspecified atom stereocenters. The van der Waals surface area contributed by atoms with Gasteiger partial charge in [-0.3, -0.25) is 4.90 Å². The van der Waals surface area contributed by atoms with Crippen LogP contribution in [0.25, 0.3) is 0 Å². The lowest BCUT2D eigenvalue weighted by molar-refractivity contribution is -0.0928. The van der Waals surface area contributed by atoms with Gasteiger partial charge in [0.15, 0.2) is 0 Å². The van der Waals surface area contributed by atoms with Gasteiger partial charge >= 0.3 is 0 Å². The van der Waals surface area contributed by atoms with E-state index in [4.69, 9.17) is 9.47 Å². The zero-order valence-electron chi connectivity index (χ0n) is 14.1. The van der Waals surface area contributed by atoms with Gasteiger partial charge in [0.2, 0.25) is 5.85 Å². The van der Waals surface area contributed by atoms with E-state index >= 15 is 0 Å². The smallest absolute Gasteiger partial charge is 0.200 e. The van der Waals surface area contributed by atoms with Gasteiger partial charge in [0, 0.05) is 31.7 Å². The van der Waals surface area contributed by atoms with Crippen LogP contribution in [0.2, 0.25) is 0 Å². The monoisotopic (exact) mass is 324 g/mol. The Balaban J connectivity index is 1.48. The highest BCUT2D eigenvalue weighted by atomic mass is 16.6. The van der Waals surface area contributed by atoms with Gasteiger partial charge in [0.1, 0.15) is 18.5 Å². The molecule has 24 heavy (non-hydrogen) atoms. The number of ether oxygens (including phenoxy) is 2. The highest BCUT2D eigenvalue weighted by molar-refractivity contribution is 5.49. The summed E-state index contributed by atoms with van der Waals surface area (Å²) in [5, 5.41) is 0. The second kappa shape index (κ2) is 6.46. The van der Waals surface area contributed by atoms with E-state index in [1.807, 2.05) is 30.3 Å². The zero-order chi connectivity index (χ0) is 16.4. The fraction of sp³-hybridized carbons (Fsp3) is 0.400. The molecule has 4 rings (SSSR count). The summed E-state index contributed by atoms with van der Waals surface area (Å²) in [6, 6.07) is 20.5. The normalized spacial score (nSPS) is 26.5. The molecule has 2 saturated heterocycles. The van der Waals surface area contributed by atoms with Crippen molar-refractivity contribution in [2.24, 2.45) is 0 Å². The number of para-hydroxylation sites is 2. The standard InChI is InChI=1S/C20H24N2O2/c1-2-20-21(13-14-22(20)17-9-5-3-6-10-17)15-19(24-20)16-23-18-11-7-4-8-12-18/h3-12,19H,2,13-16H2,1H3/t19-,20+/m1/s1. The van der Waals surface area contributed by atoms with Crippen LogP contribution >= 0.6 is 0 Å². The second-order valence-corrected chi connectivity index (χ2v) is 6.39. The van der Waals surface area contributed by atoms with Crippen molar-refractivity contribution in [3.8, 4) is 5.75 Å². The number of hydrogen-bond donors (Lipinski definition) is 0. The van der Waals surface area contributed by atoms with Crippen LogP contribution in [-0.2, 0) is 4.74 Å². The summed E-state index contributed by atoms with van der Waals surface area (Å²) >= 11 is 0. The van der Waals surface area contributed by atoms with E-state index < -0.39 is 0 Å². The number of benzene rings is 2. The van der Waals surface area contributed by atoms with E-state index in [0.29, 0.717) is 6.61 Å². The van der Waals surface area contributed by atoms with Crippen LogP contribution in [0.1, 0.15) is 13.3 Å². The Morgan fingerprint density at radius 2 is 1.75 bits per heavy atom. The Hall–Kier alpha value is -2.04. The number of rotatable bonds is 5. The fourth-order valence-electron chi connectivity index (χ4n) is 3.89. The van der Waals surface area contributed by atoms with Gasteiger partial charge in [-0.2, -0.15) is 0 Å². The molecule has 2 aliphatic rings. The Morgan fingerprint density at radius 3 is 2.46 bits per heavy atom. The number of fused-ring (bicyclic) bond motifs is 1. The molecule has 2 heterocycles. The maximum atomic E-state index is 6.54. The van der Waals surface area contributed by atoms with Gasteiger partial charge in [-0.15, -0.1) is 0 Å². The van der Waals surface area contributed by atoms with Gasteiger partial charge in [0.25, 0.3) is 0 Å². The van der Waals surface area contributed by atoms with Crippen molar-refractivity contribution in [2.45, 2.75) is 25.3 Å². The minimum Gasteiger partial charge on any atom is -0.491 e. The molecule has 4 heteroatoms. The molecular weight excluding hydrogens is 300 g/mol. The van der Waals surface area contributed by atoms with Gasteiger partial charge in [-0.05, 0) is 24.3 Å². The van der Waals surface area contributed by atoms with Crippen molar-refractivity contribution in [1.29, 1.82) is 0 Å². The molecule has 2 aromatic rings. The maximum absolute atomic E-state index is 6.54. The molecule has 0 amide bonds. The molecule has 2 atom stereocenters. The summed E-state index contributed by atoms with van der Waals surface area (Å²) in [5.74, 6) is 0.574. The van der Waals surface area contributed by atoms with Gasteiger partial charge in [0.05, 0.1) is 0 Å². The largest absolute Gasteiger partial charge is 0.491 e. The number of hydrogen-bond acceptors (Lipinski definition) is 4. The summed E-state index contributed by atoms with van der Waals surface area (Å²) in [4.78, 5) is 4.86. The minimum absolute atomic E-state index is 0.0941. The maximum Gasteiger partial charge on any atom is 0.200 e. The quantitative estimate of drug-likeness (QED) is 0.842. The summed E-state index contributed by atoms with van der Waals surface area (Å²) in [6.07, 6.45) is 1.03. The second-order valence-electron chi connectivity index (χ2n) is 6.39. The van der Waals surface area contributed by atoms with Crippen LogP contribution in [0.15, 0.2) is 60.7 Å². The third-order valence-electron chi connectivity index (χ3n) is 5.00. The van der Waals surface area contributed by atoms with Crippen molar-refractivity contribution in [3.63, 3.8) is 0 Å². The topological polar surface area (TPSA) is 24.9 Å². The van der Waals surface area contributed by atoms with Crippen LogP contribution < -0.4 is 9.64 Å². The number of anilines is 1.